The van der Waals surface area contributed by atoms with Gasteiger partial charge in [0.15, 0.2) is 17.1 Å². The number of anilines is 1. The molecule has 4 aliphatic rings. The molecule has 16 heteroatoms. The Morgan fingerprint density at radius 1 is 1.00 bits per heavy atom. The Bertz CT molecular complexity index is 2330. The summed E-state index contributed by atoms with van der Waals surface area (Å²) in [7, 11) is 1.48. The van der Waals surface area contributed by atoms with E-state index < -0.39 is 77.2 Å². The summed E-state index contributed by atoms with van der Waals surface area (Å²) in [6.07, 6.45) is 5.15. The molecular weight excluding hydrogens is 799 g/mol. The van der Waals surface area contributed by atoms with Gasteiger partial charge in [-0.15, -0.1) is 0 Å². The number of fused-ring (bicyclic) bond motifs is 1. The molecule has 0 aromatic heterocycles. The number of aliphatic hydroxyl groups excluding tert-OH is 2. The summed E-state index contributed by atoms with van der Waals surface area (Å²) < 4.78 is 24.3. The van der Waals surface area contributed by atoms with Gasteiger partial charge in [0.1, 0.15) is 28.6 Å². The molecule has 338 valence electrons. The SMILES string of the molecule is CO[C@H]1/C=C/O[C@@]2(C)Oc3c(C)c(O)c4c(O)c(c5c(c4c3/C2=N/O)=NC2(CCN(CC(C)C)CC2)N=5)NC(=O)/C(C)=C\C=C\[C@H](C)[C@H](O)[C@@H](C)[C@@H](O)[C@@H](C)[C@H](OC(C)=O)[C@@H]1C. The molecule has 0 unspecified atom stereocenters. The van der Waals surface area contributed by atoms with Crippen LogP contribution in [0.5, 0.6) is 17.2 Å². The molecule has 2 aromatic rings. The average Bonchev–Trinajstić information content (AvgIpc) is 3.75. The van der Waals surface area contributed by atoms with Crippen molar-refractivity contribution in [3.63, 3.8) is 0 Å². The third-order valence-corrected chi connectivity index (χ3v) is 13.0. The highest BCUT2D eigenvalue weighted by Crippen LogP contribution is 2.50. The van der Waals surface area contributed by atoms with Crippen LogP contribution >= 0.6 is 0 Å². The first-order valence-corrected chi connectivity index (χ1v) is 21.4. The fraction of sp³-hybridized carbons (Fsp3) is 0.587. The van der Waals surface area contributed by atoms with E-state index in [-0.39, 0.29) is 61.1 Å². The maximum atomic E-state index is 13.9. The van der Waals surface area contributed by atoms with Gasteiger partial charge in [-0.05, 0) is 25.8 Å². The zero-order chi connectivity index (χ0) is 45.6. The monoisotopic (exact) mass is 861 g/mol. The fourth-order valence-electron chi connectivity index (χ4n) is 9.35. The van der Waals surface area contributed by atoms with Crippen molar-refractivity contribution >= 4 is 34.0 Å². The molecule has 0 saturated carbocycles. The van der Waals surface area contributed by atoms with Crippen molar-refractivity contribution in [2.45, 2.75) is 118 Å². The third kappa shape index (κ3) is 8.53. The molecule has 1 amide bonds. The molecule has 6 rings (SSSR count). The van der Waals surface area contributed by atoms with Crippen molar-refractivity contribution in [3.05, 3.63) is 58.0 Å². The lowest BCUT2D eigenvalue weighted by atomic mass is 9.78. The Labute approximate surface area is 362 Å². The van der Waals surface area contributed by atoms with Crippen LogP contribution in [0.2, 0.25) is 0 Å². The number of phenolic OH excluding ortho intramolecular Hbond substituents is 2. The number of likely N-dealkylation sites (tertiary alicyclic amines) is 1. The number of rotatable bonds is 4. The first-order valence-electron chi connectivity index (χ1n) is 21.4. The highest BCUT2D eigenvalue weighted by Gasteiger charge is 2.49. The van der Waals surface area contributed by atoms with Gasteiger partial charge in [-0.2, -0.15) is 0 Å². The summed E-state index contributed by atoms with van der Waals surface area (Å²) in [6.45, 7) is 19.7. The average molecular weight is 862 g/mol. The van der Waals surface area contributed by atoms with Crippen molar-refractivity contribution in [1.82, 2.24) is 4.90 Å². The first kappa shape index (κ1) is 46.5. The molecule has 62 heavy (non-hydrogen) atoms. The second-order valence-electron chi connectivity index (χ2n) is 18.1. The molecule has 0 radical (unpaired) electrons. The van der Waals surface area contributed by atoms with Gasteiger partial charge in [0.2, 0.25) is 0 Å². The van der Waals surface area contributed by atoms with Gasteiger partial charge in [0, 0.05) is 93.6 Å². The Morgan fingerprint density at radius 3 is 2.27 bits per heavy atom. The number of hydrogen-bond donors (Lipinski definition) is 6. The lowest BCUT2D eigenvalue weighted by molar-refractivity contribution is -0.160. The number of hydrogen-bond acceptors (Lipinski definition) is 15. The van der Waals surface area contributed by atoms with Gasteiger partial charge in [-0.1, -0.05) is 64.9 Å². The van der Waals surface area contributed by atoms with Crippen molar-refractivity contribution in [1.29, 1.82) is 0 Å². The van der Waals surface area contributed by atoms with Gasteiger partial charge in [0.25, 0.3) is 11.7 Å². The van der Waals surface area contributed by atoms with E-state index in [1.165, 1.54) is 27.2 Å². The minimum absolute atomic E-state index is 0.0422. The molecule has 1 fully saturated rings. The summed E-state index contributed by atoms with van der Waals surface area (Å²) >= 11 is 0. The largest absolute Gasteiger partial charge is 0.507 e. The molecule has 4 bridgehead atoms. The summed E-state index contributed by atoms with van der Waals surface area (Å²) in [5.41, 5.74) is -0.426. The van der Waals surface area contributed by atoms with Crippen LogP contribution in [-0.2, 0) is 23.8 Å². The van der Waals surface area contributed by atoms with Crippen LogP contribution in [0.25, 0.3) is 10.8 Å². The summed E-state index contributed by atoms with van der Waals surface area (Å²) in [5.74, 6) is -5.55. The van der Waals surface area contributed by atoms with Crippen LogP contribution in [0.4, 0.5) is 5.69 Å². The zero-order valence-electron chi connectivity index (χ0n) is 37.6. The molecule has 4 aliphatic heterocycles. The number of amides is 1. The molecule has 2 aromatic carbocycles. The van der Waals surface area contributed by atoms with Gasteiger partial charge in [0.05, 0.1) is 40.9 Å². The molecule has 16 nitrogen and oxygen atoms in total. The number of allylic oxidation sites excluding steroid dienone is 2. The van der Waals surface area contributed by atoms with E-state index in [1.807, 2.05) is 0 Å². The van der Waals surface area contributed by atoms with Crippen LogP contribution in [0.1, 0.15) is 86.3 Å². The number of piperidine rings is 1. The fourth-order valence-corrected chi connectivity index (χ4v) is 9.35. The highest BCUT2D eigenvalue weighted by molar-refractivity contribution is 6.21. The number of aromatic hydroxyl groups is 2. The number of nitrogens with one attached hydrogen (secondary N) is 1. The van der Waals surface area contributed by atoms with Crippen LogP contribution in [0.3, 0.4) is 0 Å². The maximum Gasteiger partial charge on any atom is 0.302 e. The molecule has 9 atom stereocenters. The summed E-state index contributed by atoms with van der Waals surface area (Å²) in [5, 5.41) is 65.0. The smallest absolute Gasteiger partial charge is 0.302 e. The van der Waals surface area contributed by atoms with E-state index in [0.717, 1.165) is 6.54 Å². The Balaban J connectivity index is 1.56. The van der Waals surface area contributed by atoms with E-state index in [1.54, 1.807) is 65.8 Å². The quantitative estimate of drug-likeness (QED) is 0.106. The number of esters is 1. The van der Waals surface area contributed by atoms with E-state index in [0.29, 0.717) is 31.8 Å². The third-order valence-electron chi connectivity index (χ3n) is 13.0. The number of carbonyl (C=O) groups is 2. The van der Waals surface area contributed by atoms with Crippen LogP contribution in [0.15, 0.2) is 51.3 Å². The minimum Gasteiger partial charge on any atom is -0.507 e. The molecule has 0 aliphatic carbocycles. The highest BCUT2D eigenvalue weighted by atomic mass is 16.7. The molecule has 4 heterocycles. The van der Waals surface area contributed by atoms with Gasteiger partial charge in [-0.3, -0.25) is 19.6 Å². The van der Waals surface area contributed by atoms with Crippen molar-refractivity contribution in [2.24, 2.45) is 44.7 Å². The number of oxime groups is 1. The maximum absolute atomic E-state index is 13.9. The zero-order valence-corrected chi connectivity index (χ0v) is 37.6. The number of nitrogens with zero attached hydrogens (tertiary/aromatic N) is 4. The number of ether oxygens (including phenoxy) is 4. The Morgan fingerprint density at radius 2 is 1.66 bits per heavy atom. The Kier molecular flexibility index (Phi) is 13.5. The standard InChI is InChI=1S/C46H63N5O11/c1-22(2)21-51-18-16-46(17-19-51)48-34-31-32-39(55)28(8)42-33(31)43(50-58)45(10,62-42)60-20-15-30(59-11)25(5)41(61-29(9)52)27(7)38(54)26(6)37(53)23(3)13-12-14-24(4)44(57)47-36(40(32)56)35(34)49-46/h12-15,20,22-23,25-27,30,37-38,41,53-56,58H,16-19,21H2,1-11H3,(H,47,57)/b13-12+,20-15+,24-14-,50-43-/t23-,25+,26+,27+,30-,37-,38+,41+,45-/m0/s1. The molecule has 1 saturated heterocycles. The number of phenols is 2. The number of methoxy groups -OCH3 is 1. The van der Waals surface area contributed by atoms with E-state index in [4.69, 9.17) is 28.9 Å². The van der Waals surface area contributed by atoms with E-state index in [9.17, 15) is 35.2 Å². The van der Waals surface area contributed by atoms with E-state index in [2.05, 4.69) is 29.2 Å². The summed E-state index contributed by atoms with van der Waals surface area (Å²) in [4.78, 5) is 39.1. The van der Waals surface area contributed by atoms with Crippen molar-refractivity contribution < 1.29 is 54.2 Å². The molecular formula is C46H63N5O11. The molecule has 1 spiro atoms. The van der Waals surface area contributed by atoms with Crippen molar-refractivity contribution in [3.8, 4) is 17.2 Å². The summed E-state index contributed by atoms with van der Waals surface area (Å²) in [6, 6.07) is 0. The first-order chi connectivity index (χ1) is 29.2. The Hall–Kier alpha value is -5.03. The second-order valence-corrected chi connectivity index (χ2v) is 18.1. The van der Waals surface area contributed by atoms with Crippen LogP contribution in [0, 0.1) is 36.5 Å². The van der Waals surface area contributed by atoms with Gasteiger partial charge >= 0.3 is 5.97 Å². The predicted octanol–water partition coefficient (Wildman–Crippen LogP) is 4.75. The van der Waals surface area contributed by atoms with Crippen LogP contribution < -0.4 is 20.8 Å². The van der Waals surface area contributed by atoms with Gasteiger partial charge < -0.3 is 54.8 Å². The number of carbonyl (C=O) groups excluding carboxylic acids is 2. The number of benzene rings is 2. The second kappa shape index (κ2) is 18.0. The lowest BCUT2D eigenvalue weighted by Gasteiger charge is -2.38. The number of aliphatic hydroxyl groups is 2. The van der Waals surface area contributed by atoms with Crippen LogP contribution in [-0.4, -0.2) is 111 Å². The molecule has 6 N–H and O–H groups in total. The topological polar surface area (TPSA) is 225 Å². The van der Waals surface area contributed by atoms with Gasteiger partial charge in [-0.25, -0.2) is 0 Å². The normalized spacial score (nSPS) is 33.0. The minimum atomic E-state index is -1.81. The van der Waals surface area contributed by atoms with E-state index >= 15 is 0 Å². The predicted molar refractivity (Wildman–Crippen MR) is 232 cm³/mol. The van der Waals surface area contributed by atoms with Crippen molar-refractivity contribution in [2.75, 3.05) is 32.1 Å². The lowest BCUT2D eigenvalue weighted by Crippen LogP contribution is -2.46.